The SMILES string of the molecule is CC(=O)NCC1CN(c2ccc([N+]3([O-])CCN(OS(=O)CC#N)CC3)c(F)c2)C(=O)O1. The number of piperazine rings is 1. The molecule has 1 N–H and O–H groups in total. The van der Waals surface area contributed by atoms with Gasteiger partial charge in [-0.2, -0.15) is 14.6 Å². The van der Waals surface area contributed by atoms with Crippen molar-refractivity contribution in [1.29, 1.82) is 5.26 Å². The van der Waals surface area contributed by atoms with Crippen LogP contribution in [0.4, 0.5) is 20.6 Å². The minimum atomic E-state index is -1.80. The Hall–Kier alpha value is -2.63. The number of hydrogen-bond acceptors (Lipinski definition) is 8. The first-order valence-electron chi connectivity index (χ1n) is 9.51. The predicted molar refractivity (Wildman–Crippen MR) is 109 cm³/mol. The highest BCUT2D eigenvalue weighted by Crippen LogP contribution is 2.32. The van der Waals surface area contributed by atoms with Gasteiger partial charge in [0.1, 0.15) is 11.9 Å². The number of nitrogens with zero attached hydrogens (tertiary/aromatic N) is 4. The van der Waals surface area contributed by atoms with E-state index in [-0.39, 0.29) is 62.3 Å². The average molecular weight is 455 g/mol. The van der Waals surface area contributed by atoms with Gasteiger partial charge >= 0.3 is 6.09 Å². The molecule has 3 rings (SSSR count). The van der Waals surface area contributed by atoms with E-state index in [4.69, 9.17) is 14.3 Å². The molecule has 2 saturated heterocycles. The number of nitrogens with one attached hydrogen (secondary N) is 1. The van der Waals surface area contributed by atoms with Crippen molar-refractivity contribution >= 4 is 34.5 Å². The lowest BCUT2D eigenvalue weighted by Crippen LogP contribution is -2.57. The number of nitriles is 1. The van der Waals surface area contributed by atoms with E-state index in [1.54, 1.807) is 6.07 Å². The van der Waals surface area contributed by atoms with E-state index in [9.17, 15) is 23.4 Å². The van der Waals surface area contributed by atoms with Crippen LogP contribution in [0.15, 0.2) is 18.2 Å². The summed E-state index contributed by atoms with van der Waals surface area (Å²) in [4.78, 5) is 24.4. The number of rotatable bonds is 7. The summed E-state index contributed by atoms with van der Waals surface area (Å²) in [5.74, 6) is -1.29. The largest absolute Gasteiger partial charge is 0.627 e. The monoisotopic (exact) mass is 455 g/mol. The summed E-state index contributed by atoms with van der Waals surface area (Å²) in [5.41, 5.74) is 0.168. The van der Waals surface area contributed by atoms with Crippen LogP contribution in [0.3, 0.4) is 0 Å². The Morgan fingerprint density at radius 3 is 2.81 bits per heavy atom. The van der Waals surface area contributed by atoms with Gasteiger partial charge < -0.3 is 19.9 Å². The Morgan fingerprint density at radius 1 is 1.48 bits per heavy atom. The number of quaternary nitrogens is 1. The van der Waals surface area contributed by atoms with Crippen LogP contribution in [-0.4, -0.2) is 72.4 Å². The van der Waals surface area contributed by atoms with Gasteiger partial charge in [0.2, 0.25) is 5.91 Å². The van der Waals surface area contributed by atoms with Crippen molar-refractivity contribution in [1.82, 2.24) is 15.0 Å². The number of hydrogen-bond donors (Lipinski definition) is 1. The minimum Gasteiger partial charge on any atom is -0.627 e. The molecule has 0 radical (unpaired) electrons. The molecule has 2 aliphatic heterocycles. The quantitative estimate of drug-likeness (QED) is 0.465. The van der Waals surface area contributed by atoms with E-state index in [2.05, 4.69) is 5.32 Å². The van der Waals surface area contributed by atoms with E-state index in [1.807, 2.05) is 0 Å². The number of carbonyl (C=O) groups is 2. The highest BCUT2D eigenvalue weighted by atomic mass is 32.2. The molecule has 0 spiro atoms. The van der Waals surface area contributed by atoms with Crippen molar-refractivity contribution in [2.75, 3.05) is 49.9 Å². The first kappa shape index (κ1) is 23.0. The van der Waals surface area contributed by atoms with Crippen LogP contribution in [0.1, 0.15) is 6.92 Å². The smallest absolute Gasteiger partial charge is 0.414 e. The number of amides is 2. The Kier molecular flexibility index (Phi) is 7.19. The van der Waals surface area contributed by atoms with Crippen LogP contribution < -0.4 is 14.9 Å². The summed E-state index contributed by atoms with van der Waals surface area (Å²) >= 11 is -1.80. The van der Waals surface area contributed by atoms with Gasteiger partial charge in [0.05, 0.1) is 51.0 Å². The fourth-order valence-corrected chi connectivity index (χ4v) is 3.91. The van der Waals surface area contributed by atoms with Gasteiger partial charge in [-0.15, -0.1) is 0 Å². The molecule has 2 unspecified atom stereocenters. The molecule has 1 aromatic carbocycles. The van der Waals surface area contributed by atoms with Gasteiger partial charge in [-0.25, -0.2) is 13.4 Å². The molecule has 2 aliphatic rings. The van der Waals surface area contributed by atoms with Gasteiger partial charge in [0, 0.05) is 19.1 Å². The molecule has 0 saturated carbocycles. The molecule has 168 valence electrons. The molecule has 0 aromatic heterocycles. The van der Waals surface area contributed by atoms with Crippen molar-refractivity contribution in [3.8, 4) is 6.07 Å². The van der Waals surface area contributed by atoms with Crippen LogP contribution in [0.5, 0.6) is 0 Å². The maximum atomic E-state index is 14.8. The first-order chi connectivity index (χ1) is 14.7. The van der Waals surface area contributed by atoms with Crippen molar-refractivity contribution in [2.24, 2.45) is 0 Å². The van der Waals surface area contributed by atoms with Crippen molar-refractivity contribution < 1.29 is 27.2 Å². The van der Waals surface area contributed by atoms with Crippen molar-refractivity contribution in [3.05, 3.63) is 29.2 Å². The maximum Gasteiger partial charge on any atom is 0.414 e. The number of halogens is 1. The molecule has 1 aromatic rings. The molecule has 0 aliphatic carbocycles. The molecule has 2 fully saturated rings. The standard InChI is InChI=1S/C18H22FN5O6S/c1-13(25)21-11-15-12-23(18(26)29-15)14-2-3-17(16(19)10-14)24(27)7-5-22(6-8-24)30-31(28)9-4-20/h2-3,10,15H,5-9,11-12H2,1H3,(H,21,25). The molecular weight excluding hydrogens is 433 g/mol. The number of hydroxylamine groups is 4. The zero-order valence-corrected chi connectivity index (χ0v) is 17.6. The lowest BCUT2D eigenvalue weighted by atomic mass is 10.2. The van der Waals surface area contributed by atoms with Crippen LogP contribution in [0.2, 0.25) is 0 Å². The number of anilines is 1. The molecule has 31 heavy (non-hydrogen) atoms. The summed E-state index contributed by atoms with van der Waals surface area (Å²) in [6, 6.07) is 5.66. The van der Waals surface area contributed by atoms with Gasteiger partial charge in [0.25, 0.3) is 0 Å². The fraction of sp³-hybridized carbons (Fsp3) is 0.500. The summed E-state index contributed by atoms with van der Waals surface area (Å²) in [6.07, 6.45) is -1.22. The number of cyclic esters (lactones) is 1. The summed E-state index contributed by atoms with van der Waals surface area (Å²) < 4.78 is 35.7. The normalized spacial score (nSPS) is 21.9. The second-order valence-corrected chi connectivity index (χ2v) is 8.18. The second-order valence-electron chi connectivity index (χ2n) is 7.14. The fourth-order valence-electron chi connectivity index (χ4n) is 3.37. The van der Waals surface area contributed by atoms with E-state index in [1.165, 1.54) is 29.0 Å². The highest BCUT2D eigenvalue weighted by molar-refractivity contribution is 7.80. The van der Waals surface area contributed by atoms with E-state index in [0.717, 1.165) is 6.07 Å². The lowest BCUT2D eigenvalue weighted by molar-refractivity contribution is -0.119. The summed E-state index contributed by atoms with van der Waals surface area (Å²) in [5, 5.41) is 25.6. The average Bonchev–Trinajstić information content (AvgIpc) is 3.09. The van der Waals surface area contributed by atoms with Gasteiger partial charge in [-0.05, 0) is 6.07 Å². The van der Waals surface area contributed by atoms with Gasteiger partial charge in [-0.3, -0.25) is 9.69 Å². The highest BCUT2D eigenvalue weighted by Gasteiger charge is 2.35. The van der Waals surface area contributed by atoms with Crippen LogP contribution in [-0.2, 0) is 24.9 Å². The van der Waals surface area contributed by atoms with Crippen LogP contribution in [0.25, 0.3) is 0 Å². The Labute approximate surface area is 180 Å². The van der Waals surface area contributed by atoms with E-state index in [0.29, 0.717) is 0 Å². The third-order valence-corrected chi connectivity index (χ3v) is 5.67. The number of benzene rings is 1. The van der Waals surface area contributed by atoms with Crippen LogP contribution in [0, 0.1) is 22.4 Å². The van der Waals surface area contributed by atoms with E-state index < -0.39 is 33.7 Å². The van der Waals surface area contributed by atoms with Gasteiger partial charge in [-0.1, -0.05) is 0 Å². The third kappa shape index (κ3) is 5.54. The van der Waals surface area contributed by atoms with Crippen molar-refractivity contribution in [3.63, 3.8) is 0 Å². The molecule has 0 bridgehead atoms. The Balaban J connectivity index is 1.64. The van der Waals surface area contributed by atoms with E-state index >= 15 is 0 Å². The molecule has 2 heterocycles. The zero-order valence-electron chi connectivity index (χ0n) is 16.8. The number of carbonyl (C=O) groups excluding carboxylic acids is 2. The maximum absolute atomic E-state index is 14.8. The van der Waals surface area contributed by atoms with Crippen LogP contribution >= 0.6 is 0 Å². The molecule has 2 amide bonds. The Bertz CT molecular complexity index is 917. The number of ether oxygens (including phenoxy) is 1. The zero-order chi connectivity index (χ0) is 22.6. The minimum absolute atomic E-state index is 0.0371. The molecule has 2 atom stereocenters. The molecule has 11 nitrogen and oxygen atoms in total. The Morgan fingerprint density at radius 2 is 2.19 bits per heavy atom. The predicted octanol–water partition coefficient (Wildman–Crippen LogP) is 0.527. The third-order valence-electron chi connectivity index (χ3n) is 4.93. The lowest BCUT2D eigenvalue weighted by Gasteiger charge is -2.46. The van der Waals surface area contributed by atoms with Crippen molar-refractivity contribution in [2.45, 2.75) is 13.0 Å². The topological polar surface area (TPSA) is 135 Å². The first-order valence-corrected chi connectivity index (χ1v) is 10.8. The molecule has 13 heteroatoms. The van der Waals surface area contributed by atoms with Gasteiger partial charge in [0.15, 0.2) is 22.6 Å². The molecular formula is C18H22FN5O6S. The summed E-state index contributed by atoms with van der Waals surface area (Å²) in [6.45, 7) is 1.80. The summed E-state index contributed by atoms with van der Waals surface area (Å²) in [7, 11) is 0. The second kappa shape index (κ2) is 9.67.